The zero-order valence-electron chi connectivity index (χ0n) is 19.6. The summed E-state index contributed by atoms with van der Waals surface area (Å²) in [6, 6.07) is 0.452. The van der Waals surface area contributed by atoms with Crippen molar-refractivity contribution in [2.45, 2.75) is 148 Å². The first kappa shape index (κ1) is 27.4. The van der Waals surface area contributed by atoms with Gasteiger partial charge in [-0.2, -0.15) is 0 Å². The Hall–Kier alpha value is -0.560. The molecule has 1 nitrogen and oxygen atoms in total. The van der Waals surface area contributed by atoms with E-state index in [4.69, 9.17) is 5.73 Å². The molecule has 0 aromatic rings. The first-order valence-corrected chi connectivity index (χ1v) is 12.9. The highest BCUT2D eigenvalue weighted by molar-refractivity contribution is 4.92. The molecule has 28 heavy (non-hydrogen) atoms. The molecule has 0 rings (SSSR count). The van der Waals surface area contributed by atoms with Crippen LogP contribution in [0.5, 0.6) is 0 Å². The average molecular weight is 392 g/mol. The van der Waals surface area contributed by atoms with Gasteiger partial charge in [0.1, 0.15) is 0 Å². The Labute approximate surface area is 178 Å². The maximum Gasteiger partial charge on any atom is 0.00388 e. The van der Waals surface area contributed by atoms with E-state index in [1.807, 2.05) is 0 Å². The van der Waals surface area contributed by atoms with Crippen molar-refractivity contribution < 1.29 is 0 Å². The third-order valence-electron chi connectivity index (χ3n) is 5.70. The molecule has 0 heterocycles. The molecule has 1 heteroatoms. The minimum absolute atomic E-state index is 0.452. The summed E-state index contributed by atoms with van der Waals surface area (Å²) in [5, 5.41) is 0. The van der Waals surface area contributed by atoms with Crippen molar-refractivity contribution in [2.75, 3.05) is 0 Å². The maximum absolute atomic E-state index is 6.28. The van der Waals surface area contributed by atoms with Crippen LogP contribution in [0.1, 0.15) is 142 Å². The van der Waals surface area contributed by atoms with Gasteiger partial charge in [-0.25, -0.2) is 0 Å². The lowest BCUT2D eigenvalue weighted by molar-refractivity contribution is 0.483. The number of nitrogens with two attached hydrogens (primary N) is 1. The fourth-order valence-electron chi connectivity index (χ4n) is 3.73. The predicted octanol–water partition coefficient (Wildman–Crippen LogP) is 9.27. The van der Waals surface area contributed by atoms with Gasteiger partial charge in [-0.05, 0) is 44.9 Å². The molecular formula is C27H53N. The first-order chi connectivity index (χ1) is 13.8. The Morgan fingerprint density at radius 2 is 0.893 bits per heavy atom. The van der Waals surface area contributed by atoms with Crippen LogP contribution in [0.3, 0.4) is 0 Å². The van der Waals surface area contributed by atoms with Gasteiger partial charge < -0.3 is 5.73 Å². The Bertz CT molecular complexity index is 331. The van der Waals surface area contributed by atoms with E-state index in [1.54, 1.807) is 0 Å². The number of unbranched alkanes of at least 4 members (excludes halogenated alkanes) is 14. The topological polar surface area (TPSA) is 26.0 Å². The van der Waals surface area contributed by atoms with Gasteiger partial charge in [0.2, 0.25) is 0 Å². The van der Waals surface area contributed by atoms with Crippen LogP contribution in [-0.2, 0) is 0 Å². The van der Waals surface area contributed by atoms with E-state index in [0.717, 1.165) is 6.42 Å². The van der Waals surface area contributed by atoms with Crippen LogP contribution in [0, 0.1) is 0 Å². The van der Waals surface area contributed by atoms with Crippen LogP contribution in [0.15, 0.2) is 24.3 Å². The highest BCUT2D eigenvalue weighted by atomic mass is 14.6. The summed E-state index contributed by atoms with van der Waals surface area (Å²) in [7, 11) is 0. The van der Waals surface area contributed by atoms with Gasteiger partial charge in [-0.15, -0.1) is 0 Å². The van der Waals surface area contributed by atoms with Gasteiger partial charge >= 0.3 is 0 Å². The zero-order valence-corrected chi connectivity index (χ0v) is 19.6. The monoisotopic (exact) mass is 391 g/mol. The summed E-state index contributed by atoms with van der Waals surface area (Å²) in [4.78, 5) is 0. The van der Waals surface area contributed by atoms with Crippen molar-refractivity contribution in [3.05, 3.63) is 24.3 Å². The SMILES string of the molecule is CCCCC/C=C/C/C=C/CCCCCCCC(N)CCCCCCCCC. The molecule has 0 saturated carbocycles. The van der Waals surface area contributed by atoms with E-state index in [1.165, 1.54) is 122 Å². The maximum atomic E-state index is 6.28. The third kappa shape index (κ3) is 23.5. The highest BCUT2D eigenvalue weighted by Crippen LogP contribution is 2.13. The van der Waals surface area contributed by atoms with Gasteiger partial charge in [-0.3, -0.25) is 0 Å². The second-order valence-corrected chi connectivity index (χ2v) is 8.69. The van der Waals surface area contributed by atoms with Crippen molar-refractivity contribution in [1.29, 1.82) is 0 Å². The fourth-order valence-corrected chi connectivity index (χ4v) is 3.73. The first-order valence-electron chi connectivity index (χ1n) is 12.9. The van der Waals surface area contributed by atoms with Crippen molar-refractivity contribution in [3.8, 4) is 0 Å². The van der Waals surface area contributed by atoms with Crippen LogP contribution in [-0.4, -0.2) is 6.04 Å². The molecule has 1 atom stereocenters. The molecule has 0 fully saturated rings. The van der Waals surface area contributed by atoms with Crippen molar-refractivity contribution in [2.24, 2.45) is 5.73 Å². The van der Waals surface area contributed by atoms with Crippen molar-refractivity contribution in [3.63, 3.8) is 0 Å². The molecule has 0 bridgehead atoms. The fraction of sp³-hybridized carbons (Fsp3) is 0.852. The number of rotatable bonds is 22. The highest BCUT2D eigenvalue weighted by Gasteiger charge is 2.02. The van der Waals surface area contributed by atoms with Crippen LogP contribution in [0.4, 0.5) is 0 Å². The summed E-state index contributed by atoms with van der Waals surface area (Å²) in [6.07, 6.45) is 36.1. The summed E-state index contributed by atoms with van der Waals surface area (Å²) in [5.41, 5.74) is 6.28. The second-order valence-electron chi connectivity index (χ2n) is 8.69. The molecule has 0 aliphatic heterocycles. The molecule has 0 amide bonds. The summed E-state index contributed by atoms with van der Waals surface area (Å²) >= 11 is 0. The molecule has 0 aliphatic rings. The Balaban J connectivity index is 3.24. The van der Waals surface area contributed by atoms with E-state index in [9.17, 15) is 0 Å². The predicted molar refractivity (Wildman–Crippen MR) is 130 cm³/mol. The van der Waals surface area contributed by atoms with Crippen LogP contribution in [0.25, 0.3) is 0 Å². The quantitative estimate of drug-likeness (QED) is 0.144. The molecule has 1 unspecified atom stereocenters. The van der Waals surface area contributed by atoms with Crippen molar-refractivity contribution in [1.82, 2.24) is 0 Å². The molecule has 0 aromatic carbocycles. The smallest absolute Gasteiger partial charge is 0.00388 e. The lowest BCUT2D eigenvalue weighted by atomic mass is 10.0. The number of allylic oxidation sites excluding steroid dienone is 4. The minimum atomic E-state index is 0.452. The number of hydrogen-bond donors (Lipinski definition) is 1. The van der Waals surface area contributed by atoms with Crippen LogP contribution < -0.4 is 5.73 Å². The summed E-state index contributed by atoms with van der Waals surface area (Å²) < 4.78 is 0. The largest absolute Gasteiger partial charge is 0.328 e. The number of hydrogen-bond acceptors (Lipinski definition) is 1. The molecular weight excluding hydrogens is 338 g/mol. The van der Waals surface area contributed by atoms with Gasteiger partial charge in [-0.1, -0.05) is 122 Å². The van der Waals surface area contributed by atoms with Gasteiger partial charge in [0.05, 0.1) is 0 Å². The Morgan fingerprint density at radius 1 is 0.500 bits per heavy atom. The van der Waals surface area contributed by atoms with Gasteiger partial charge in [0.15, 0.2) is 0 Å². The van der Waals surface area contributed by atoms with E-state index in [-0.39, 0.29) is 0 Å². The standard InChI is InChI=1S/C27H53N/c1-3-5-7-9-11-12-13-14-15-16-17-18-20-22-24-26-27(28)25-23-21-19-10-8-6-4-2/h11-12,14-15,27H,3-10,13,16-26,28H2,1-2H3/b12-11+,15-14+. The summed E-state index contributed by atoms with van der Waals surface area (Å²) in [6.45, 7) is 4.55. The molecule has 166 valence electrons. The zero-order chi connectivity index (χ0) is 20.5. The molecule has 2 N–H and O–H groups in total. The molecule has 0 aliphatic carbocycles. The Morgan fingerprint density at radius 3 is 1.43 bits per heavy atom. The van der Waals surface area contributed by atoms with Gasteiger partial charge in [0.25, 0.3) is 0 Å². The summed E-state index contributed by atoms with van der Waals surface area (Å²) in [5.74, 6) is 0. The Kier molecular flexibility index (Phi) is 24.0. The second kappa shape index (κ2) is 24.5. The van der Waals surface area contributed by atoms with Crippen LogP contribution in [0.2, 0.25) is 0 Å². The normalized spacial score (nSPS) is 13.1. The molecule has 0 radical (unpaired) electrons. The van der Waals surface area contributed by atoms with E-state index < -0.39 is 0 Å². The van der Waals surface area contributed by atoms with E-state index in [0.29, 0.717) is 6.04 Å². The molecule has 0 aromatic heterocycles. The average Bonchev–Trinajstić information content (AvgIpc) is 2.70. The van der Waals surface area contributed by atoms with E-state index in [2.05, 4.69) is 38.2 Å². The van der Waals surface area contributed by atoms with Crippen LogP contribution >= 0.6 is 0 Å². The third-order valence-corrected chi connectivity index (χ3v) is 5.70. The molecule has 0 spiro atoms. The van der Waals surface area contributed by atoms with E-state index >= 15 is 0 Å². The minimum Gasteiger partial charge on any atom is -0.328 e. The van der Waals surface area contributed by atoms with Gasteiger partial charge in [0, 0.05) is 6.04 Å². The lowest BCUT2D eigenvalue weighted by Gasteiger charge is -2.11. The molecule has 0 saturated heterocycles. The van der Waals surface area contributed by atoms with Crippen molar-refractivity contribution >= 4 is 0 Å². The lowest BCUT2D eigenvalue weighted by Crippen LogP contribution is -2.19.